The lowest BCUT2D eigenvalue weighted by atomic mass is 10.1. The van der Waals surface area contributed by atoms with Gasteiger partial charge in [-0.05, 0) is 18.4 Å². The van der Waals surface area contributed by atoms with Crippen molar-refractivity contribution in [2.45, 2.75) is 44.5 Å². The SMILES string of the molecule is CCCCCCCN1SC(C(=O)O)=C(Cl)C1Cl. The first-order valence-corrected chi connectivity index (χ1v) is 7.38. The van der Waals surface area contributed by atoms with Crippen LogP contribution in [0.25, 0.3) is 0 Å². The van der Waals surface area contributed by atoms with E-state index in [4.69, 9.17) is 28.3 Å². The van der Waals surface area contributed by atoms with Gasteiger partial charge in [0.2, 0.25) is 0 Å². The summed E-state index contributed by atoms with van der Waals surface area (Å²) in [6, 6.07) is 0. The molecule has 0 bridgehead atoms. The summed E-state index contributed by atoms with van der Waals surface area (Å²) in [6.07, 6.45) is 5.85. The second kappa shape index (κ2) is 7.52. The molecule has 0 aromatic heterocycles. The van der Waals surface area contributed by atoms with Crippen LogP contribution < -0.4 is 0 Å². The van der Waals surface area contributed by atoms with E-state index in [1.165, 1.54) is 19.3 Å². The molecule has 1 N–H and O–H groups in total. The van der Waals surface area contributed by atoms with Crippen LogP contribution in [-0.4, -0.2) is 27.4 Å². The van der Waals surface area contributed by atoms with Crippen molar-refractivity contribution in [1.82, 2.24) is 4.31 Å². The zero-order chi connectivity index (χ0) is 12.8. The second-order valence-electron chi connectivity index (χ2n) is 3.96. The normalized spacial score (nSPS) is 21.2. The maximum atomic E-state index is 10.9. The Hall–Kier alpha value is 0.1000. The fraction of sp³-hybridized carbons (Fsp3) is 0.727. The van der Waals surface area contributed by atoms with Crippen molar-refractivity contribution in [3.8, 4) is 0 Å². The number of carboxylic acids is 1. The van der Waals surface area contributed by atoms with Crippen LogP contribution in [-0.2, 0) is 4.79 Å². The lowest BCUT2D eigenvalue weighted by Gasteiger charge is -2.18. The van der Waals surface area contributed by atoms with Crippen LogP contribution >= 0.6 is 35.1 Å². The molecule has 0 saturated carbocycles. The van der Waals surface area contributed by atoms with Crippen molar-refractivity contribution >= 4 is 41.1 Å². The molecule has 6 heteroatoms. The third-order valence-electron chi connectivity index (χ3n) is 2.56. The maximum absolute atomic E-state index is 10.9. The third-order valence-corrected chi connectivity index (χ3v) is 4.96. The van der Waals surface area contributed by atoms with Gasteiger partial charge in [0, 0.05) is 6.54 Å². The van der Waals surface area contributed by atoms with Gasteiger partial charge in [-0.15, -0.1) is 0 Å². The smallest absolute Gasteiger partial charge is 0.344 e. The molecular formula is C11H17Cl2NO2S. The molecular weight excluding hydrogens is 281 g/mol. The minimum atomic E-state index is -1.00. The molecule has 1 rings (SSSR count). The highest BCUT2D eigenvalue weighted by molar-refractivity contribution is 8.02. The molecule has 1 aliphatic heterocycles. The van der Waals surface area contributed by atoms with Gasteiger partial charge in [-0.2, -0.15) is 0 Å². The van der Waals surface area contributed by atoms with E-state index in [1.54, 1.807) is 0 Å². The van der Waals surface area contributed by atoms with Gasteiger partial charge in [0.1, 0.15) is 10.4 Å². The maximum Gasteiger partial charge on any atom is 0.344 e. The Kier molecular flexibility index (Phi) is 6.70. The van der Waals surface area contributed by atoms with Crippen LogP contribution in [0.3, 0.4) is 0 Å². The number of aliphatic carboxylic acids is 1. The Morgan fingerprint density at radius 1 is 1.41 bits per heavy atom. The summed E-state index contributed by atoms with van der Waals surface area (Å²) in [4.78, 5) is 11.0. The number of unbranched alkanes of at least 4 members (excludes halogenated alkanes) is 4. The Labute approximate surface area is 116 Å². The predicted molar refractivity (Wildman–Crippen MR) is 73.2 cm³/mol. The number of carbonyl (C=O) groups is 1. The molecule has 0 fully saturated rings. The largest absolute Gasteiger partial charge is 0.477 e. The Bertz CT molecular complexity index is 310. The first-order valence-electron chi connectivity index (χ1n) is 5.79. The zero-order valence-electron chi connectivity index (χ0n) is 9.79. The highest BCUT2D eigenvalue weighted by Crippen LogP contribution is 2.41. The van der Waals surface area contributed by atoms with Gasteiger partial charge in [-0.1, -0.05) is 55.8 Å². The average Bonchev–Trinajstić information content (AvgIpc) is 2.57. The Balaban J connectivity index is 2.32. The zero-order valence-corrected chi connectivity index (χ0v) is 12.1. The molecule has 1 unspecified atom stereocenters. The highest BCUT2D eigenvalue weighted by Gasteiger charge is 2.34. The molecule has 0 spiro atoms. The van der Waals surface area contributed by atoms with E-state index < -0.39 is 11.5 Å². The van der Waals surface area contributed by atoms with Crippen molar-refractivity contribution < 1.29 is 9.90 Å². The summed E-state index contributed by atoms with van der Waals surface area (Å²) in [5.41, 5.74) is -0.501. The van der Waals surface area contributed by atoms with E-state index in [-0.39, 0.29) is 9.94 Å². The van der Waals surface area contributed by atoms with Crippen LogP contribution in [0.2, 0.25) is 0 Å². The average molecular weight is 298 g/mol. The molecule has 1 aliphatic rings. The highest BCUT2D eigenvalue weighted by atomic mass is 35.5. The van der Waals surface area contributed by atoms with Crippen LogP contribution in [0.15, 0.2) is 9.94 Å². The molecule has 3 nitrogen and oxygen atoms in total. The van der Waals surface area contributed by atoms with Crippen LogP contribution in [0.5, 0.6) is 0 Å². The first-order chi connectivity index (χ1) is 8.07. The topological polar surface area (TPSA) is 40.5 Å². The lowest BCUT2D eigenvalue weighted by Crippen LogP contribution is -2.21. The molecule has 0 radical (unpaired) electrons. The van der Waals surface area contributed by atoms with Gasteiger partial charge in [-0.3, -0.25) is 0 Å². The summed E-state index contributed by atoms with van der Waals surface area (Å²) in [7, 11) is 0. The summed E-state index contributed by atoms with van der Waals surface area (Å²) in [6.45, 7) is 2.95. The first kappa shape index (κ1) is 15.2. The van der Waals surface area contributed by atoms with Crippen molar-refractivity contribution in [3.05, 3.63) is 9.94 Å². The minimum Gasteiger partial charge on any atom is -0.477 e. The van der Waals surface area contributed by atoms with Crippen LogP contribution in [0, 0.1) is 0 Å². The Morgan fingerprint density at radius 3 is 2.59 bits per heavy atom. The third kappa shape index (κ3) is 4.36. The van der Waals surface area contributed by atoms with E-state index in [2.05, 4.69) is 6.92 Å². The molecule has 1 heterocycles. The van der Waals surface area contributed by atoms with Gasteiger partial charge in [0.15, 0.2) is 0 Å². The number of hydrogen-bond donors (Lipinski definition) is 1. The van der Waals surface area contributed by atoms with E-state index in [9.17, 15) is 4.79 Å². The number of hydrogen-bond acceptors (Lipinski definition) is 3. The Morgan fingerprint density at radius 2 is 2.06 bits per heavy atom. The molecule has 0 aromatic carbocycles. The summed E-state index contributed by atoms with van der Waals surface area (Å²) >= 11 is 13.1. The lowest BCUT2D eigenvalue weighted by molar-refractivity contribution is -0.131. The number of nitrogens with zero attached hydrogens (tertiary/aromatic N) is 1. The predicted octanol–water partition coefficient (Wildman–Crippen LogP) is 4.02. The van der Waals surface area contributed by atoms with Crippen molar-refractivity contribution in [3.63, 3.8) is 0 Å². The van der Waals surface area contributed by atoms with Gasteiger partial charge < -0.3 is 5.11 Å². The van der Waals surface area contributed by atoms with E-state index >= 15 is 0 Å². The molecule has 0 aliphatic carbocycles. The van der Waals surface area contributed by atoms with Crippen molar-refractivity contribution in [2.24, 2.45) is 0 Å². The molecule has 17 heavy (non-hydrogen) atoms. The van der Waals surface area contributed by atoms with E-state index in [0.29, 0.717) is 0 Å². The van der Waals surface area contributed by atoms with E-state index in [1.807, 2.05) is 4.31 Å². The number of rotatable bonds is 7. The van der Waals surface area contributed by atoms with Crippen molar-refractivity contribution in [1.29, 1.82) is 0 Å². The van der Waals surface area contributed by atoms with Gasteiger partial charge in [0.25, 0.3) is 0 Å². The molecule has 1 atom stereocenters. The quantitative estimate of drug-likeness (QED) is 0.333. The van der Waals surface area contributed by atoms with Gasteiger partial charge in [0.05, 0.1) is 5.03 Å². The summed E-state index contributed by atoms with van der Waals surface area (Å²) in [5.74, 6) is -1.00. The summed E-state index contributed by atoms with van der Waals surface area (Å²) in [5, 5.41) is 9.15. The van der Waals surface area contributed by atoms with E-state index in [0.717, 1.165) is 31.3 Å². The standard InChI is InChI=1S/C11H17Cl2NO2S/c1-2-3-4-5-6-7-14-10(13)8(12)9(17-14)11(15)16/h10H,2-7H2,1H3,(H,15,16). The molecule has 0 saturated heterocycles. The number of carboxylic acid groups (broad SMARTS) is 1. The fourth-order valence-electron chi connectivity index (χ4n) is 1.61. The number of alkyl halides is 1. The van der Waals surface area contributed by atoms with Crippen LogP contribution in [0.1, 0.15) is 39.0 Å². The number of halogens is 2. The summed E-state index contributed by atoms with van der Waals surface area (Å²) < 4.78 is 1.83. The van der Waals surface area contributed by atoms with Crippen molar-refractivity contribution in [2.75, 3.05) is 6.54 Å². The fourth-order valence-corrected chi connectivity index (χ4v) is 3.29. The molecule has 0 aromatic rings. The monoisotopic (exact) mass is 297 g/mol. The second-order valence-corrected chi connectivity index (χ2v) is 5.84. The molecule has 0 amide bonds. The van der Waals surface area contributed by atoms with Crippen LogP contribution in [0.4, 0.5) is 0 Å². The van der Waals surface area contributed by atoms with Gasteiger partial charge in [-0.25, -0.2) is 9.10 Å². The van der Waals surface area contributed by atoms with Gasteiger partial charge >= 0.3 is 5.97 Å². The minimum absolute atomic E-state index is 0.153. The molecule has 98 valence electrons.